The van der Waals surface area contributed by atoms with Crippen molar-refractivity contribution in [2.24, 2.45) is 0 Å². The van der Waals surface area contributed by atoms with Crippen molar-refractivity contribution in [2.75, 3.05) is 116 Å². The third-order valence-corrected chi connectivity index (χ3v) is 3.64. The Morgan fingerprint density at radius 1 is 0.357 bits per heavy atom. The summed E-state index contributed by atoms with van der Waals surface area (Å²) in [5.41, 5.74) is 0. The molecule has 0 rings (SSSR count). The third kappa shape index (κ3) is 26.7. The van der Waals surface area contributed by atoms with Gasteiger partial charge in [-0.1, -0.05) is 22.6 Å². The molecule has 0 fully saturated rings. The summed E-state index contributed by atoms with van der Waals surface area (Å²) in [6.45, 7) is 9.16. The van der Waals surface area contributed by atoms with E-state index < -0.39 is 0 Å². The Labute approximate surface area is 187 Å². The minimum atomic E-state index is 0.507. The Morgan fingerprint density at radius 3 is 0.786 bits per heavy atom. The summed E-state index contributed by atoms with van der Waals surface area (Å²) in [4.78, 5) is 0. The van der Waals surface area contributed by atoms with E-state index in [-0.39, 0.29) is 0 Å². The lowest BCUT2D eigenvalue weighted by molar-refractivity contribution is -0.0224. The SMILES string of the molecule is ClCCOCCOCCOCCOCCOCCOCCOCCOCCI. The van der Waals surface area contributed by atoms with Crippen molar-refractivity contribution in [1.82, 2.24) is 0 Å². The van der Waals surface area contributed by atoms with Gasteiger partial charge in [-0.05, 0) is 0 Å². The fourth-order valence-electron chi connectivity index (χ4n) is 1.75. The molecule has 0 saturated carbocycles. The molecule has 0 bridgehead atoms. The number of rotatable bonds is 25. The average molecular weight is 543 g/mol. The number of hydrogen-bond acceptors (Lipinski definition) is 8. The van der Waals surface area contributed by atoms with Crippen molar-refractivity contribution in [3.63, 3.8) is 0 Å². The zero-order valence-corrected chi connectivity index (χ0v) is 19.7. The molecule has 28 heavy (non-hydrogen) atoms. The molecule has 170 valence electrons. The zero-order chi connectivity index (χ0) is 20.4. The third-order valence-electron chi connectivity index (χ3n) is 3.05. The topological polar surface area (TPSA) is 73.8 Å². The van der Waals surface area contributed by atoms with Crippen LogP contribution in [0.2, 0.25) is 0 Å². The van der Waals surface area contributed by atoms with Crippen molar-refractivity contribution in [2.45, 2.75) is 0 Å². The first-order chi connectivity index (χ1) is 13.9. The molecular weight excluding hydrogens is 507 g/mol. The summed E-state index contributed by atoms with van der Waals surface area (Å²) in [6.07, 6.45) is 0. The average Bonchev–Trinajstić information content (AvgIpc) is 2.71. The standard InChI is InChI=1S/C18H36ClIO8/c19-1-3-21-5-7-23-9-11-25-13-15-27-17-18-28-16-14-26-12-10-24-8-6-22-4-2-20/h1-18H2. The molecule has 10 heteroatoms. The van der Waals surface area contributed by atoms with Crippen molar-refractivity contribution in [3.8, 4) is 0 Å². The number of halogens is 2. The lowest BCUT2D eigenvalue weighted by Crippen LogP contribution is -2.15. The zero-order valence-electron chi connectivity index (χ0n) is 16.7. The Bertz CT molecular complexity index is 254. The summed E-state index contributed by atoms with van der Waals surface area (Å²) < 4.78 is 43.8. The van der Waals surface area contributed by atoms with Gasteiger partial charge in [0.2, 0.25) is 0 Å². The van der Waals surface area contributed by atoms with Gasteiger partial charge in [-0.15, -0.1) is 11.6 Å². The van der Waals surface area contributed by atoms with Crippen molar-refractivity contribution in [3.05, 3.63) is 0 Å². The minimum Gasteiger partial charge on any atom is -0.378 e. The second-order valence-electron chi connectivity index (χ2n) is 5.28. The van der Waals surface area contributed by atoms with Gasteiger partial charge in [-0.25, -0.2) is 0 Å². The molecule has 0 aromatic heterocycles. The smallest absolute Gasteiger partial charge is 0.0701 e. The normalized spacial score (nSPS) is 11.4. The number of ether oxygens (including phenoxy) is 8. The summed E-state index contributed by atoms with van der Waals surface area (Å²) in [7, 11) is 0. The van der Waals surface area contributed by atoms with E-state index >= 15 is 0 Å². The molecule has 0 N–H and O–H groups in total. The van der Waals surface area contributed by atoms with Gasteiger partial charge in [0, 0.05) is 10.3 Å². The lowest BCUT2D eigenvalue weighted by Gasteiger charge is -2.08. The molecule has 0 unspecified atom stereocenters. The highest BCUT2D eigenvalue weighted by atomic mass is 127. The van der Waals surface area contributed by atoms with Crippen LogP contribution in [0.4, 0.5) is 0 Å². The van der Waals surface area contributed by atoms with Gasteiger partial charge >= 0.3 is 0 Å². The first-order valence-electron chi connectivity index (χ1n) is 9.65. The molecule has 0 amide bonds. The van der Waals surface area contributed by atoms with Crippen LogP contribution >= 0.6 is 34.2 Å². The Hall–Kier alpha value is 0.700. The molecule has 0 aliphatic heterocycles. The molecule has 0 aliphatic rings. The molecule has 8 nitrogen and oxygen atoms in total. The van der Waals surface area contributed by atoms with E-state index in [9.17, 15) is 0 Å². The molecule has 0 heterocycles. The van der Waals surface area contributed by atoms with Crippen LogP contribution in [-0.2, 0) is 37.9 Å². The van der Waals surface area contributed by atoms with Crippen LogP contribution in [0.1, 0.15) is 0 Å². The molecular formula is C18H36ClIO8. The first kappa shape index (κ1) is 28.7. The summed E-state index contributed by atoms with van der Waals surface area (Å²) in [5, 5.41) is 0. The van der Waals surface area contributed by atoms with Crippen LogP contribution in [0.3, 0.4) is 0 Å². The second-order valence-corrected chi connectivity index (χ2v) is 6.73. The maximum atomic E-state index is 5.48. The van der Waals surface area contributed by atoms with Gasteiger partial charge in [0.05, 0.1) is 106 Å². The Kier molecular flexibility index (Phi) is 28.4. The highest BCUT2D eigenvalue weighted by molar-refractivity contribution is 14.1. The molecule has 0 aromatic rings. The summed E-state index contributed by atoms with van der Waals surface area (Å²) in [6, 6.07) is 0. The molecule has 0 aromatic carbocycles. The van der Waals surface area contributed by atoms with Crippen LogP contribution in [0, 0.1) is 0 Å². The van der Waals surface area contributed by atoms with Gasteiger partial charge in [0.15, 0.2) is 0 Å². The van der Waals surface area contributed by atoms with Crippen LogP contribution in [0.15, 0.2) is 0 Å². The van der Waals surface area contributed by atoms with Crippen molar-refractivity contribution < 1.29 is 37.9 Å². The van der Waals surface area contributed by atoms with Gasteiger partial charge in [0.1, 0.15) is 0 Å². The lowest BCUT2D eigenvalue weighted by atomic mass is 10.6. The summed E-state index contributed by atoms with van der Waals surface area (Å²) in [5.74, 6) is 0.507. The summed E-state index contributed by atoms with van der Waals surface area (Å²) >= 11 is 7.76. The van der Waals surface area contributed by atoms with Crippen molar-refractivity contribution >= 4 is 34.2 Å². The van der Waals surface area contributed by atoms with Crippen molar-refractivity contribution in [1.29, 1.82) is 0 Å². The number of hydrogen-bond donors (Lipinski definition) is 0. The highest BCUT2D eigenvalue weighted by Gasteiger charge is 1.94. The van der Waals surface area contributed by atoms with E-state index in [1.807, 2.05) is 0 Å². The second kappa shape index (κ2) is 27.7. The maximum Gasteiger partial charge on any atom is 0.0701 e. The highest BCUT2D eigenvalue weighted by Crippen LogP contribution is 1.86. The van der Waals surface area contributed by atoms with Gasteiger partial charge in [-0.3, -0.25) is 0 Å². The number of alkyl halides is 2. The van der Waals surface area contributed by atoms with Gasteiger partial charge in [-0.2, -0.15) is 0 Å². The van der Waals surface area contributed by atoms with E-state index in [1.54, 1.807) is 0 Å². The molecule has 0 atom stereocenters. The molecule has 0 spiro atoms. The first-order valence-corrected chi connectivity index (χ1v) is 11.7. The monoisotopic (exact) mass is 542 g/mol. The maximum absolute atomic E-state index is 5.48. The van der Waals surface area contributed by atoms with E-state index in [0.29, 0.717) is 105 Å². The quantitative estimate of drug-likeness (QED) is 0.0983. The Morgan fingerprint density at radius 2 is 0.571 bits per heavy atom. The van der Waals surface area contributed by atoms with E-state index in [1.165, 1.54) is 0 Å². The van der Waals surface area contributed by atoms with Crippen LogP contribution in [-0.4, -0.2) is 116 Å². The predicted octanol–water partition coefficient (Wildman–Crippen LogP) is 1.79. The fourth-order valence-corrected chi connectivity index (χ4v) is 2.17. The van der Waals surface area contributed by atoms with Crippen LogP contribution < -0.4 is 0 Å². The van der Waals surface area contributed by atoms with Gasteiger partial charge in [0.25, 0.3) is 0 Å². The van der Waals surface area contributed by atoms with Gasteiger partial charge < -0.3 is 37.9 Å². The van der Waals surface area contributed by atoms with E-state index in [4.69, 9.17) is 49.5 Å². The largest absolute Gasteiger partial charge is 0.378 e. The molecule has 0 saturated heterocycles. The van der Waals surface area contributed by atoms with Crippen LogP contribution in [0.5, 0.6) is 0 Å². The molecule has 0 radical (unpaired) electrons. The Balaban J connectivity index is 2.96. The fraction of sp³-hybridized carbons (Fsp3) is 1.00. The van der Waals surface area contributed by atoms with E-state index in [0.717, 1.165) is 11.0 Å². The molecule has 0 aliphatic carbocycles. The minimum absolute atomic E-state index is 0.507. The van der Waals surface area contributed by atoms with Crippen LogP contribution in [0.25, 0.3) is 0 Å². The van der Waals surface area contributed by atoms with E-state index in [2.05, 4.69) is 22.6 Å². The predicted molar refractivity (Wildman–Crippen MR) is 116 cm³/mol.